The van der Waals surface area contributed by atoms with Gasteiger partial charge in [0.2, 0.25) is 5.79 Å². The van der Waals surface area contributed by atoms with Crippen LogP contribution in [0.2, 0.25) is 0 Å². The van der Waals surface area contributed by atoms with Crippen LogP contribution in [-0.4, -0.2) is 29.5 Å². The summed E-state index contributed by atoms with van der Waals surface area (Å²) in [6.45, 7) is 0.387. The van der Waals surface area contributed by atoms with E-state index >= 15 is 0 Å². The fourth-order valence-electron chi connectivity index (χ4n) is 2.88. The standard InChI is InChI=1S/C18H20O4/c19-11-10-16-13-21-18(22-16,15-7-2-1-3-8-15)17-9-5-4-6-14(17)12-20/h1-9,16,19-20H,10-13H2. The van der Waals surface area contributed by atoms with Crippen molar-refractivity contribution in [3.05, 3.63) is 71.3 Å². The van der Waals surface area contributed by atoms with E-state index in [4.69, 9.17) is 14.6 Å². The van der Waals surface area contributed by atoms with Gasteiger partial charge in [0, 0.05) is 17.7 Å². The minimum absolute atomic E-state index is 0.0561. The molecule has 0 amide bonds. The van der Waals surface area contributed by atoms with E-state index in [0.717, 1.165) is 16.7 Å². The molecule has 2 atom stereocenters. The largest absolute Gasteiger partial charge is 0.396 e. The summed E-state index contributed by atoms with van der Waals surface area (Å²) in [6, 6.07) is 17.3. The van der Waals surface area contributed by atoms with Crippen molar-refractivity contribution >= 4 is 0 Å². The summed E-state index contributed by atoms with van der Waals surface area (Å²) in [4.78, 5) is 0. The summed E-state index contributed by atoms with van der Waals surface area (Å²) >= 11 is 0. The Hall–Kier alpha value is -1.72. The van der Waals surface area contributed by atoms with Crippen molar-refractivity contribution in [2.75, 3.05) is 13.2 Å². The van der Waals surface area contributed by atoms with Gasteiger partial charge in [0.05, 0.1) is 19.3 Å². The van der Waals surface area contributed by atoms with Crippen LogP contribution in [0.25, 0.3) is 0 Å². The lowest BCUT2D eigenvalue weighted by Gasteiger charge is -2.30. The molecule has 2 aromatic rings. The zero-order valence-electron chi connectivity index (χ0n) is 12.3. The zero-order valence-corrected chi connectivity index (χ0v) is 12.3. The monoisotopic (exact) mass is 300 g/mol. The molecule has 4 nitrogen and oxygen atoms in total. The molecular weight excluding hydrogens is 280 g/mol. The molecule has 4 heteroatoms. The Bertz CT molecular complexity index is 613. The summed E-state index contributed by atoms with van der Waals surface area (Å²) in [5, 5.41) is 18.8. The van der Waals surface area contributed by atoms with E-state index in [0.29, 0.717) is 13.0 Å². The van der Waals surface area contributed by atoms with Gasteiger partial charge in [0.1, 0.15) is 0 Å². The fourth-order valence-corrected chi connectivity index (χ4v) is 2.88. The molecule has 1 aliphatic rings. The third kappa shape index (κ3) is 2.66. The average Bonchev–Trinajstić information content (AvgIpc) is 3.01. The van der Waals surface area contributed by atoms with Gasteiger partial charge < -0.3 is 19.7 Å². The molecule has 1 fully saturated rings. The van der Waals surface area contributed by atoms with Crippen LogP contribution < -0.4 is 0 Å². The number of ether oxygens (including phenoxy) is 2. The van der Waals surface area contributed by atoms with E-state index in [2.05, 4.69) is 0 Å². The average molecular weight is 300 g/mol. The third-order valence-corrected chi connectivity index (χ3v) is 3.95. The lowest BCUT2D eigenvalue weighted by Crippen LogP contribution is -2.31. The smallest absolute Gasteiger partial charge is 0.223 e. The topological polar surface area (TPSA) is 58.9 Å². The number of benzene rings is 2. The molecule has 2 N–H and O–H groups in total. The summed E-state index contributed by atoms with van der Waals surface area (Å²) in [7, 11) is 0. The summed E-state index contributed by atoms with van der Waals surface area (Å²) < 4.78 is 12.3. The van der Waals surface area contributed by atoms with Gasteiger partial charge in [-0.05, 0) is 12.0 Å². The predicted molar refractivity (Wildman–Crippen MR) is 82.1 cm³/mol. The minimum Gasteiger partial charge on any atom is -0.396 e. The van der Waals surface area contributed by atoms with Crippen molar-refractivity contribution in [2.45, 2.75) is 24.9 Å². The van der Waals surface area contributed by atoms with Crippen molar-refractivity contribution in [1.29, 1.82) is 0 Å². The zero-order chi connectivity index (χ0) is 15.4. The van der Waals surface area contributed by atoms with Crippen LogP contribution >= 0.6 is 0 Å². The van der Waals surface area contributed by atoms with Gasteiger partial charge in [-0.3, -0.25) is 0 Å². The highest BCUT2D eigenvalue weighted by Crippen LogP contribution is 2.42. The van der Waals surface area contributed by atoms with Crippen molar-refractivity contribution in [1.82, 2.24) is 0 Å². The molecule has 1 saturated heterocycles. The van der Waals surface area contributed by atoms with Gasteiger partial charge in [-0.2, -0.15) is 0 Å². The van der Waals surface area contributed by atoms with Crippen LogP contribution in [0.4, 0.5) is 0 Å². The van der Waals surface area contributed by atoms with E-state index < -0.39 is 5.79 Å². The van der Waals surface area contributed by atoms with Crippen molar-refractivity contribution in [3.63, 3.8) is 0 Å². The lowest BCUT2D eigenvalue weighted by molar-refractivity contribution is -0.144. The van der Waals surface area contributed by atoms with E-state index in [1.807, 2.05) is 54.6 Å². The highest BCUT2D eigenvalue weighted by Gasteiger charge is 2.45. The van der Waals surface area contributed by atoms with Crippen LogP contribution in [0.15, 0.2) is 54.6 Å². The second-order valence-corrected chi connectivity index (χ2v) is 5.36. The SMILES string of the molecule is OCCC1COC(c2ccccc2)(c2ccccc2CO)O1. The van der Waals surface area contributed by atoms with E-state index in [1.54, 1.807) is 0 Å². The number of hydrogen-bond acceptors (Lipinski definition) is 4. The number of aliphatic hydroxyl groups is 2. The fraction of sp³-hybridized carbons (Fsp3) is 0.333. The second kappa shape index (κ2) is 6.58. The first-order valence-electron chi connectivity index (χ1n) is 7.47. The second-order valence-electron chi connectivity index (χ2n) is 5.36. The Kier molecular flexibility index (Phi) is 4.55. The minimum atomic E-state index is -1.03. The van der Waals surface area contributed by atoms with Crippen LogP contribution in [0.5, 0.6) is 0 Å². The molecule has 1 heterocycles. The Labute approximate surface area is 129 Å². The molecule has 0 radical (unpaired) electrons. The molecule has 0 aromatic heterocycles. The molecule has 22 heavy (non-hydrogen) atoms. The maximum absolute atomic E-state index is 9.66. The Morgan fingerprint density at radius 3 is 2.45 bits per heavy atom. The van der Waals surface area contributed by atoms with Gasteiger partial charge >= 0.3 is 0 Å². The maximum Gasteiger partial charge on any atom is 0.223 e. The Morgan fingerprint density at radius 1 is 1.00 bits per heavy atom. The summed E-state index contributed by atoms with van der Waals surface area (Å²) in [6.07, 6.45) is 0.354. The highest BCUT2D eigenvalue weighted by molar-refractivity contribution is 5.39. The molecule has 116 valence electrons. The van der Waals surface area contributed by atoms with Gasteiger partial charge in [0.15, 0.2) is 0 Å². The predicted octanol–water partition coefficient (Wildman–Crippen LogP) is 2.18. The van der Waals surface area contributed by atoms with Gasteiger partial charge in [-0.1, -0.05) is 54.6 Å². The third-order valence-electron chi connectivity index (χ3n) is 3.95. The number of aliphatic hydroxyl groups excluding tert-OH is 2. The van der Waals surface area contributed by atoms with Gasteiger partial charge in [-0.15, -0.1) is 0 Å². The summed E-state index contributed by atoms with van der Waals surface area (Å²) in [5.74, 6) is -1.03. The quantitative estimate of drug-likeness (QED) is 0.888. The molecule has 2 unspecified atom stereocenters. The van der Waals surface area contributed by atoms with E-state index in [1.165, 1.54) is 0 Å². The van der Waals surface area contributed by atoms with Crippen LogP contribution in [0.1, 0.15) is 23.1 Å². The Morgan fingerprint density at radius 2 is 1.73 bits per heavy atom. The molecule has 0 spiro atoms. The molecule has 0 aliphatic carbocycles. The van der Waals surface area contributed by atoms with Crippen LogP contribution in [-0.2, 0) is 21.9 Å². The highest BCUT2D eigenvalue weighted by atomic mass is 16.7. The molecule has 1 aliphatic heterocycles. The van der Waals surface area contributed by atoms with Gasteiger partial charge in [-0.25, -0.2) is 0 Å². The molecule has 0 saturated carbocycles. The first-order valence-corrected chi connectivity index (χ1v) is 7.47. The lowest BCUT2D eigenvalue weighted by atomic mass is 9.93. The van der Waals surface area contributed by atoms with Crippen molar-refractivity contribution in [2.24, 2.45) is 0 Å². The van der Waals surface area contributed by atoms with Crippen LogP contribution in [0.3, 0.4) is 0 Å². The first-order chi connectivity index (χ1) is 10.8. The normalized spacial score (nSPS) is 24.5. The van der Waals surface area contributed by atoms with Crippen molar-refractivity contribution < 1.29 is 19.7 Å². The molecule has 2 aromatic carbocycles. The van der Waals surface area contributed by atoms with Crippen LogP contribution in [0, 0.1) is 0 Å². The summed E-state index contributed by atoms with van der Waals surface area (Å²) in [5.41, 5.74) is 2.47. The van der Waals surface area contributed by atoms with Gasteiger partial charge in [0.25, 0.3) is 0 Å². The molecule has 3 rings (SSSR count). The molecular formula is C18H20O4. The Balaban J connectivity index is 2.08. The molecule has 0 bridgehead atoms. The first kappa shape index (κ1) is 15.2. The maximum atomic E-state index is 9.66. The number of rotatable bonds is 5. The van der Waals surface area contributed by atoms with Crippen molar-refractivity contribution in [3.8, 4) is 0 Å². The van der Waals surface area contributed by atoms with E-state index in [-0.39, 0.29) is 19.3 Å². The van der Waals surface area contributed by atoms with E-state index in [9.17, 15) is 5.11 Å². The number of hydrogen-bond donors (Lipinski definition) is 2.